The molecule has 0 bridgehead atoms. The SMILES string of the molecule is Cc1nn(C)c2sc(C(=O)N3CCN(CCc4ccccc4C(F)(F)F)CC3)cc12. The van der Waals surface area contributed by atoms with Crippen LogP contribution in [0.2, 0.25) is 0 Å². The lowest BCUT2D eigenvalue weighted by molar-refractivity contribution is -0.138. The summed E-state index contributed by atoms with van der Waals surface area (Å²) in [6.07, 6.45) is -3.99. The van der Waals surface area contributed by atoms with Crippen LogP contribution in [0.3, 0.4) is 0 Å². The van der Waals surface area contributed by atoms with Gasteiger partial charge >= 0.3 is 6.18 Å². The average molecular weight is 437 g/mol. The quantitative estimate of drug-likeness (QED) is 0.622. The van der Waals surface area contributed by atoms with E-state index in [2.05, 4.69) is 10.00 Å². The van der Waals surface area contributed by atoms with Gasteiger partial charge in [-0.1, -0.05) is 18.2 Å². The number of thiophene rings is 1. The third kappa shape index (κ3) is 4.09. The molecule has 1 aromatic carbocycles. The predicted molar refractivity (Wildman–Crippen MR) is 111 cm³/mol. The maximum absolute atomic E-state index is 13.2. The van der Waals surface area contributed by atoms with Crippen LogP contribution < -0.4 is 0 Å². The molecule has 0 unspecified atom stereocenters. The highest BCUT2D eigenvalue weighted by Crippen LogP contribution is 2.32. The number of hydrogen-bond acceptors (Lipinski definition) is 4. The van der Waals surface area contributed by atoms with E-state index >= 15 is 0 Å². The van der Waals surface area contributed by atoms with Crippen LogP contribution in [0.15, 0.2) is 30.3 Å². The fourth-order valence-electron chi connectivity index (χ4n) is 3.93. The van der Waals surface area contributed by atoms with Gasteiger partial charge in [0.1, 0.15) is 4.83 Å². The summed E-state index contributed by atoms with van der Waals surface area (Å²) in [5, 5.41) is 5.37. The topological polar surface area (TPSA) is 41.4 Å². The number of halogens is 3. The molecule has 0 radical (unpaired) electrons. The zero-order valence-electron chi connectivity index (χ0n) is 16.9. The van der Waals surface area contributed by atoms with Crippen LogP contribution in [0, 0.1) is 6.92 Å². The van der Waals surface area contributed by atoms with E-state index in [1.54, 1.807) is 16.8 Å². The number of fused-ring (bicyclic) bond motifs is 1. The number of aryl methyl sites for hydroxylation is 2. The molecule has 3 heterocycles. The minimum atomic E-state index is -4.33. The summed E-state index contributed by atoms with van der Waals surface area (Å²) in [5.74, 6) is 0.0117. The standard InChI is InChI=1S/C21H23F3N4OS/c1-14-16-13-18(30-20(16)26(2)25-14)19(29)28-11-9-27(10-12-28)8-7-15-5-3-4-6-17(15)21(22,23)24/h3-6,13H,7-12H2,1-2H3. The van der Waals surface area contributed by atoms with Crippen molar-refractivity contribution in [3.8, 4) is 0 Å². The fourth-order valence-corrected chi connectivity index (χ4v) is 5.03. The van der Waals surface area contributed by atoms with Crippen molar-refractivity contribution in [3.63, 3.8) is 0 Å². The van der Waals surface area contributed by atoms with E-state index in [4.69, 9.17) is 0 Å². The largest absolute Gasteiger partial charge is 0.416 e. The Balaban J connectivity index is 1.35. The Morgan fingerprint density at radius 3 is 2.53 bits per heavy atom. The minimum absolute atomic E-state index is 0.0117. The number of nitrogens with zero attached hydrogens (tertiary/aromatic N) is 4. The lowest BCUT2D eigenvalue weighted by Crippen LogP contribution is -2.49. The summed E-state index contributed by atoms with van der Waals surface area (Å²) >= 11 is 1.45. The Labute approximate surface area is 176 Å². The minimum Gasteiger partial charge on any atom is -0.335 e. The Morgan fingerprint density at radius 1 is 1.17 bits per heavy atom. The molecule has 9 heteroatoms. The highest BCUT2D eigenvalue weighted by molar-refractivity contribution is 7.20. The molecule has 3 aromatic rings. The third-order valence-electron chi connectivity index (χ3n) is 5.59. The second-order valence-corrected chi connectivity index (χ2v) is 8.61. The van der Waals surface area contributed by atoms with E-state index in [0.29, 0.717) is 49.6 Å². The van der Waals surface area contributed by atoms with Crippen molar-refractivity contribution in [2.75, 3.05) is 32.7 Å². The van der Waals surface area contributed by atoms with Crippen molar-refractivity contribution in [2.24, 2.45) is 7.05 Å². The average Bonchev–Trinajstić information content (AvgIpc) is 3.27. The number of carbonyl (C=O) groups excluding carboxylic acids is 1. The second-order valence-electron chi connectivity index (χ2n) is 7.58. The molecule has 160 valence electrons. The Bertz CT molecular complexity index is 1030. The number of piperazine rings is 1. The summed E-state index contributed by atoms with van der Waals surface area (Å²) in [5.41, 5.74) is 0.665. The molecule has 1 aliphatic heterocycles. The number of carbonyl (C=O) groups is 1. The molecule has 0 saturated carbocycles. The van der Waals surface area contributed by atoms with Gasteiger partial charge in [-0.05, 0) is 31.0 Å². The van der Waals surface area contributed by atoms with Gasteiger partial charge in [0.25, 0.3) is 5.91 Å². The number of benzene rings is 1. The second kappa shape index (κ2) is 8.03. The molecule has 1 fully saturated rings. The number of amides is 1. The molecule has 5 nitrogen and oxygen atoms in total. The van der Waals surface area contributed by atoms with Crippen LogP contribution >= 0.6 is 11.3 Å². The maximum Gasteiger partial charge on any atom is 0.416 e. The van der Waals surface area contributed by atoms with Gasteiger partial charge < -0.3 is 4.90 Å². The van der Waals surface area contributed by atoms with Crippen LogP contribution in [-0.4, -0.2) is 58.2 Å². The molecule has 1 amide bonds. The van der Waals surface area contributed by atoms with E-state index in [-0.39, 0.29) is 5.91 Å². The summed E-state index contributed by atoms with van der Waals surface area (Å²) in [4.78, 5) is 18.5. The van der Waals surface area contributed by atoms with E-state index in [0.717, 1.165) is 22.0 Å². The van der Waals surface area contributed by atoms with Gasteiger partial charge in [-0.3, -0.25) is 14.4 Å². The Kier molecular flexibility index (Phi) is 5.59. The maximum atomic E-state index is 13.2. The van der Waals surface area contributed by atoms with Crippen molar-refractivity contribution in [2.45, 2.75) is 19.5 Å². The van der Waals surface area contributed by atoms with Gasteiger partial charge in [-0.15, -0.1) is 11.3 Å². The van der Waals surface area contributed by atoms with Crippen molar-refractivity contribution in [3.05, 3.63) is 52.0 Å². The van der Waals surface area contributed by atoms with E-state index < -0.39 is 11.7 Å². The van der Waals surface area contributed by atoms with Crippen LogP contribution in [0.4, 0.5) is 13.2 Å². The van der Waals surface area contributed by atoms with Gasteiger partial charge in [-0.25, -0.2) is 0 Å². The molecule has 0 N–H and O–H groups in total. The number of aromatic nitrogens is 2. The van der Waals surface area contributed by atoms with E-state index in [1.807, 2.05) is 24.9 Å². The normalized spacial score (nSPS) is 15.8. The molecule has 0 aliphatic carbocycles. The monoisotopic (exact) mass is 436 g/mol. The molecule has 0 atom stereocenters. The summed E-state index contributed by atoms with van der Waals surface area (Å²) < 4.78 is 41.3. The molecule has 2 aromatic heterocycles. The first kappa shape index (κ1) is 20.9. The van der Waals surface area contributed by atoms with Crippen LogP contribution in [0.25, 0.3) is 10.2 Å². The number of alkyl halides is 3. The molecular formula is C21H23F3N4OS. The molecule has 1 saturated heterocycles. The van der Waals surface area contributed by atoms with Gasteiger partial charge in [0.05, 0.1) is 16.1 Å². The number of hydrogen-bond donors (Lipinski definition) is 0. The van der Waals surface area contributed by atoms with Gasteiger partial charge in [0.15, 0.2) is 0 Å². The first-order valence-corrected chi connectivity index (χ1v) is 10.7. The summed E-state index contributed by atoms with van der Waals surface area (Å²) in [6, 6.07) is 7.64. The lowest BCUT2D eigenvalue weighted by atomic mass is 10.0. The highest BCUT2D eigenvalue weighted by Gasteiger charge is 2.33. The smallest absolute Gasteiger partial charge is 0.335 e. The van der Waals surface area contributed by atoms with Crippen LogP contribution in [0.1, 0.15) is 26.5 Å². The predicted octanol–water partition coefficient (Wildman–Crippen LogP) is 3.96. The van der Waals surface area contributed by atoms with Gasteiger partial charge in [-0.2, -0.15) is 18.3 Å². The molecular weight excluding hydrogens is 413 g/mol. The summed E-state index contributed by atoms with van der Waals surface area (Å²) in [7, 11) is 1.87. The molecule has 0 spiro atoms. The Morgan fingerprint density at radius 2 is 1.87 bits per heavy atom. The third-order valence-corrected chi connectivity index (χ3v) is 6.78. The lowest BCUT2D eigenvalue weighted by Gasteiger charge is -2.34. The first-order valence-electron chi connectivity index (χ1n) is 9.84. The Hall–Kier alpha value is -2.39. The van der Waals surface area contributed by atoms with Crippen molar-refractivity contribution in [1.29, 1.82) is 0 Å². The van der Waals surface area contributed by atoms with Gasteiger partial charge in [0.2, 0.25) is 0 Å². The highest BCUT2D eigenvalue weighted by atomic mass is 32.1. The molecule has 4 rings (SSSR count). The van der Waals surface area contributed by atoms with Crippen molar-refractivity contribution >= 4 is 27.5 Å². The van der Waals surface area contributed by atoms with Crippen LogP contribution in [0.5, 0.6) is 0 Å². The molecule has 30 heavy (non-hydrogen) atoms. The fraction of sp³-hybridized carbons (Fsp3) is 0.429. The number of rotatable bonds is 4. The van der Waals surface area contributed by atoms with Crippen molar-refractivity contribution in [1.82, 2.24) is 19.6 Å². The van der Waals surface area contributed by atoms with Crippen LogP contribution in [-0.2, 0) is 19.6 Å². The first-order chi connectivity index (χ1) is 14.2. The summed E-state index contributed by atoms with van der Waals surface area (Å²) in [6.45, 7) is 4.94. The molecule has 1 aliphatic rings. The van der Waals surface area contributed by atoms with E-state index in [9.17, 15) is 18.0 Å². The van der Waals surface area contributed by atoms with Crippen molar-refractivity contribution < 1.29 is 18.0 Å². The van der Waals surface area contributed by atoms with Gasteiger partial charge in [0, 0.05) is 45.2 Å². The van der Waals surface area contributed by atoms with E-state index in [1.165, 1.54) is 17.4 Å². The zero-order valence-corrected chi connectivity index (χ0v) is 17.7. The zero-order chi connectivity index (χ0) is 21.5.